The van der Waals surface area contributed by atoms with Gasteiger partial charge in [-0.1, -0.05) is 29.8 Å². The zero-order valence-electron chi connectivity index (χ0n) is 12.6. The number of para-hydroxylation sites is 1. The van der Waals surface area contributed by atoms with E-state index in [1.54, 1.807) is 34.1 Å². The highest BCUT2D eigenvalue weighted by Crippen LogP contribution is 2.18. The van der Waals surface area contributed by atoms with Crippen LogP contribution in [0.1, 0.15) is 16.8 Å². The van der Waals surface area contributed by atoms with Gasteiger partial charge in [0.25, 0.3) is 5.91 Å². The van der Waals surface area contributed by atoms with Crippen LogP contribution in [0.25, 0.3) is 0 Å². The molecule has 118 valence electrons. The monoisotopic (exact) mass is 328 g/mol. The van der Waals surface area contributed by atoms with Gasteiger partial charge >= 0.3 is 0 Å². The number of carbonyl (C=O) groups is 2. The van der Waals surface area contributed by atoms with Gasteiger partial charge in [-0.2, -0.15) is 0 Å². The molecule has 1 saturated heterocycles. The van der Waals surface area contributed by atoms with Crippen LogP contribution in [-0.4, -0.2) is 36.3 Å². The molecule has 1 fully saturated rings. The number of halogens is 1. The molecule has 5 heteroatoms. The molecule has 2 amide bonds. The minimum atomic E-state index is -0.0654. The summed E-state index contributed by atoms with van der Waals surface area (Å²) in [6.45, 7) is 1.45. The molecule has 4 nitrogen and oxygen atoms in total. The lowest BCUT2D eigenvalue weighted by atomic mass is 10.2. The molecule has 1 heterocycles. The maximum absolute atomic E-state index is 12.6. The summed E-state index contributed by atoms with van der Waals surface area (Å²) >= 11 is 5.86. The van der Waals surface area contributed by atoms with Crippen molar-refractivity contribution in [1.29, 1.82) is 0 Å². The Kier molecular flexibility index (Phi) is 4.63. The Labute approximate surface area is 140 Å². The molecule has 3 rings (SSSR count). The Morgan fingerprint density at radius 2 is 1.61 bits per heavy atom. The molecule has 0 N–H and O–H groups in total. The van der Waals surface area contributed by atoms with E-state index in [-0.39, 0.29) is 11.8 Å². The van der Waals surface area contributed by atoms with E-state index in [4.69, 9.17) is 11.6 Å². The van der Waals surface area contributed by atoms with Crippen molar-refractivity contribution in [3.8, 4) is 0 Å². The fourth-order valence-electron chi connectivity index (χ4n) is 2.68. The maximum Gasteiger partial charge on any atom is 0.253 e. The van der Waals surface area contributed by atoms with Crippen LogP contribution in [0.4, 0.5) is 5.69 Å². The van der Waals surface area contributed by atoms with E-state index >= 15 is 0 Å². The minimum absolute atomic E-state index is 0.0441. The zero-order valence-corrected chi connectivity index (χ0v) is 13.4. The van der Waals surface area contributed by atoms with Crippen molar-refractivity contribution < 1.29 is 9.59 Å². The van der Waals surface area contributed by atoms with Crippen LogP contribution in [0.3, 0.4) is 0 Å². The van der Waals surface area contributed by atoms with E-state index in [9.17, 15) is 9.59 Å². The van der Waals surface area contributed by atoms with Crippen LogP contribution in [0, 0.1) is 0 Å². The van der Waals surface area contributed by atoms with Crippen LogP contribution in [-0.2, 0) is 4.79 Å². The quantitative estimate of drug-likeness (QED) is 0.849. The number of benzene rings is 2. The van der Waals surface area contributed by atoms with Gasteiger partial charge in [0.1, 0.15) is 0 Å². The average molecular weight is 329 g/mol. The molecule has 2 aromatic carbocycles. The molecule has 1 aliphatic rings. The summed E-state index contributed by atoms with van der Waals surface area (Å²) in [6, 6.07) is 16.4. The summed E-state index contributed by atoms with van der Waals surface area (Å²) in [5.74, 6) is -0.0213. The molecule has 0 atom stereocenters. The van der Waals surface area contributed by atoms with Crippen molar-refractivity contribution in [1.82, 2.24) is 4.90 Å². The number of anilines is 1. The van der Waals surface area contributed by atoms with E-state index in [2.05, 4.69) is 0 Å². The molecule has 2 aromatic rings. The number of hydrogen-bond donors (Lipinski definition) is 0. The second kappa shape index (κ2) is 6.84. The number of rotatable bonds is 2. The molecule has 0 spiro atoms. The Morgan fingerprint density at radius 1 is 0.913 bits per heavy atom. The molecular formula is C18H17ClN2O2. The number of nitrogens with zero attached hydrogens (tertiary/aromatic N) is 2. The summed E-state index contributed by atoms with van der Waals surface area (Å²) in [6.07, 6.45) is 0.328. The highest BCUT2D eigenvalue weighted by Gasteiger charge is 2.25. The summed E-state index contributed by atoms with van der Waals surface area (Å²) in [7, 11) is 0. The van der Waals surface area contributed by atoms with Gasteiger partial charge in [-0.25, -0.2) is 0 Å². The Balaban J connectivity index is 1.74. The Morgan fingerprint density at radius 3 is 2.30 bits per heavy atom. The smallest absolute Gasteiger partial charge is 0.253 e. The van der Waals surface area contributed by atoms with Gasteiger partial charge in [0.2, 0.25) is 5.91 Å². The maximum atomic E-state index is 12.6. The first-order chi connectivity index (χ1) is 11.1. The third-order valence-electron chi connectivity index (χ3n) is 3.94. The predicted molar refractivity (Wildman–Crippen MR) is 90.8 cm³/mol. The number of carbonyl (C=O) groups excluding carboxylic acids is 2. The van der Waals surface area contributed by atoms with Gasteiger partial charge in [-0.15, -0.1) is 0 Å². The normalized spacial score (nSPS) is 15.4. The van der Waals surface area contributed by atoms with E-state index in [1.807, 2.05) is 30.3 Å². The van der Waals surface area contributed by atoms with Crippen LogP contribution >= 0.6 is 11.6 Å². The van der Waals surface area contributed by atoms with Crippen molar-refractivity contribution in [2.75, 3.05) is 24.5 Å². The SMILES string of the molecule is O=C(c1ccc(Cl)cc1)N1CCC(=O)N(c2ccccc2)CC1. The van der Waals surface area contributed by atoms with Crippen molar-refractivity contribution >= 4 is 29.1 Å². The fourth-order valence-corrected chi connectivity index (χ4v) is 2.81. The summed E-state index contributed by atoms with van der Waals surface area (Å²) in [5.41, 5.74) is 1.47. The highest BCUT2D eigenvalue weighted by molar-refractivity contribution is 6.30. The van der Waals surface area contributed by atoms with Crippen molar-refractivity contribution in [3.63, 3.8) is 0 Å². The summed E-state index contributed by atoms with van der Waals surface area (Å²) in [4.78, 5) is 28.4. The van der Waals surface area contributed by atoms with E-state index in [1.165, 1.54) is 0 Å². The van der Waals surface area contributed by atoms with Crippen LogP contribution in [0.5, 0.6) is 0 Å². The van der Waals surface area contributed by atoms with Gasteiger partial charge in [-0.3, -0.25) is 9.59 Å². The second-order valence-electron chi connectivity index (χ2n) is 5.43. The Hall–Kier alpha value is -2.33. The van der Waals surface area contributed by atoms with Crippen LogP contribution in [0.15, 0.2) is 54.6 Å². The molecule has 23 heavy (non-hydrogen) atoms. The first-order valence-corrected chi connectivity index (χ1v) is 7.93. The lowest BCUT2D eigenvalue weighted by molar-refractivity contribution is -0.118. The average Bonchev–Trinajstić information content (AvgIpc) is 2.77. The molecule has 0 saturated carbocycles. The summed E-state index contributed by atoms with van der Waals surface area (Å²) < 4.78 is 0. The summed E-state index contributed by atoms with van der Waals surface area (Å²) in [5, 5.41) is 0.600. The Bertz CT molecular complexity index is 701. The van der Waals surface area contributed by atoms with Crippen molar-refractivity contribution in [2.24, 2.45) is 0 Å². The van der Waals surface area contributed by atoms with E-state index in [0.29, 0.717) is 36.6 Å². The van der Waals surface area contributed by atoms with Gasteiger partial charge in [-0.05, 0) is 36.4 Å². The first kappa shape index (κ1) is 15.6. The van der Waals surface area contributed by atoms with E-state index < -0.39 is 0 Å². The largest absolute Gasteiger partial charge is 0.336 e. The molecule has 0 aliphatic carbocycles. The molecule has 1 aliphatic heterocycles. The minimum Gasteiger partial charge on any atom is -0.336 e. The van der Waals surface area contributed by atoms with Crippen LogP contribution < -0.4 is 4.90 Å². The van der Waals surface area contributed by atoms with E-state index in [0.717, 1.165) is 5.69 Å². The number of amides is 2. The van der Waals surface area contributed by atoms with Crippen LogP contribution in [0.2, 0.25) is 5.02 Å². The lowest BCUT2D eigenvalue weighted by Gasteiger charge is -2.22. The third kappa shape index (κ3) is 3.54. The first-order valence-electron chi connectivity index (χ1n) is 7.55. The molecule has 0 radical (unpaired) electrons. The zero-order chi connectivity index (χ0) is 16.2. The topological polar surface area (TPSA) is 40.6 Å². The lowest BCUT2D eigenvalue weighted by Crippen LogP contribution is -2.35. The van der Waals surface area contributed by atoms with Gasteiger partial charge in [0.05, 0.1) is 0 Å². The molecule has 0 unspecified atom stereocenters. The van der Waals surface area contributed by atoms with Crippen molar-refractivity contribution in [3.05, 3.63) is 65.2 Å². The van der Waals surface area contributed by atoms with Gasteiger partial charge in [0, 0.05) is 42.3 Å². The fraction of sp³-hybridized carbons (Fsp3) is 0.222. The molecule has 0 bridgehead atoms. The number of hydrogen-bond acceptors (Lipinski definition) is 2. The predicted octanol–water partition coefficient (Wildman–Crippen LogP) is 3.22. The third-order valence-corrected chi connectivity index (χ3v) is 4.19. The molecular weight excluding hydrogens is 312 g/mol. The molecule has 0 aromatic heterocycles. The van der Waals surface area contributed by atoms with Gasteiger partial charge < -0.3 is 9.80 Å². The standard InChI is InChI=1S/C18H17ClN2O2/c19-15-8-6-14(7-9-15)18(23)20-11-10-17(22)21(13-12-20)16-4-2-1-3-5-16/h1-9H,10-13H2. The highest BCUT2D eigenvalue weighted by atomic mass is 35.5. The van der Waals surface area contributed by atoms with Gasteiger partial charge in [0.15, 0.2) is 0 Å². The second-order valence-corrected chi connectivity index (χ2v) is 5.87. The van der Waals surface area contributed by atoms with Crippen molar-refractivity contribution in [2.45, 2.75) is 6.42 Å².